The van der Waals surface area contributed by atoms with Gasteiger partial charge in [0.2, 0.25) is 0 Å². The van der Waals surface area contributed by atoms with Crippen LogP contribution in [0.25, 0.3) is 0 Å². The average molecular weight is 219 g/mol. The van der Waals surface area contributed by atoms with E-state index in [4.69, 9.17) is 0 Å². The second-order valence-corrected chi connectivity index (χ2v) is 5.73. The largest absolute Gasteiger partial charge is 0.314 e. The predicted octanol–water partition coefficient (Wildman–Crippen LogP) is 3.43. The lowest BCUT2D eigenvalue weighted by molar-refractivity contribution is 0.422. The number of hydrogen-bond acceptors (Lipinski definition) is 1. The van der Waals surface area contributed by atoms with Gasteiger partial charge in [0.1, 0.15) is 0 Å². The van der Waals surface area contributed by atoms with Gasteiger partial charge in [0.25, 0.3) is 0 Å². The minimum atomic E-state index is 0.180. The van der Waals surface area contributed by atoms with E-state index < -0.39 is 0 Å². The van der Waals surface area contributed by atoms with Crippen molar-refractivity contribution in [1.29, 1.82) is 0 Å². The van der Waals surface area contributed by atoms with Crippen LogP contribution < -0.4 is 5.32 Å². The molecule has 0 amide bonds. The number of likely N-dealkylation sites (N-methyl/N-ethyl adjacent to an activating group) is 1. The molecule has 0 saturated carbocycles. The fraction of sp³-hybridized carbons (Fsp3) is 0.600. The molecule has 0 aliphatic rings. The van der Waals surface area contributed by atoms with Crippen LogP contribution in [0.4, 0.5) is 0 Å². The van der Waals surface area contributed by atoms with Crippen molar-refractivity contribution in [3.63, 3.8) is 0 Å². The summed E-state index contributed by atoms with van der Waals surface area (Å²) in [5, 5.41) is 3.34. The van der Waals surface area contributed by atoms with E-state index in [2.05, 4.69) is 57.3 Å². The van der Waals surface area contributed by atoms with Crippen LogP contribution >= 0.6 is 0 Å². The first-order valence-electron chi connectivity index (χ1n) is 6.19. The molecule has 1 heteroatoms. The first-order chi connectivity index (χ1) is 7.43. The van der Waals surface area contributed by atoms with E-state index in [1.165, 1.54) is 17.5 Å². The van der Waals surface area contributed by atoms with Crippen molar-refractivity contribution in [2.24, 2.45) is 5.92 Å². The molecule has 0 atom stereocenters. The van der Waals surface area contributed by atoms with Crippen molar-refractivity contribution in [2.45, 2.75) is 46.1 Å². The highest BCUT2D eigenvalue weighted by Gasteiger charge is 2.14. The van der Waals surface area contributed by atoms with Crippen molar-refractivity contribution < 1.29 is 0 Å². The molecule has 1 N–H and O–H groups in total. The van der Waals surface area contributed by atoms with Gasteiger partial charge in [0.05, 0.1) is 0 Å². The van der Waals surface area contributed by atoms with Gasteiger partial charge in [0.15, 0.2) is 0 Å². The van der Waals surface area contributed by atoms with E-state index in [1.807, 2.05) is 7.05 Å². The van der Waals surface area contributed by atoms with Crippen LogP contribution in [0.2, 0.25) is 0 Å². The van der Waals surface area contributed by atoms with E-state index in [-0.39, 0.29) is 5.54 Å². The van der Waals surface area contributed by atoms with Crippen LogP contribution in [-0.4, -0.2) is 12.6 Å². The van der Waals surface area contributed by atoms with Crippen LogP contribution in [0.1, 0.15) is 38.8 Å². The predicted molar refractivity (Wildman–Crippen MR) is 71.8 cm³/mol. The summed E-state index contributed by atoms with van der Waals surface area (Å²) in [6, 6.07) is 9.05. The second kappa shape index (κ2) is 5.49. The Hall–Kier alpha value is -0.820. The Kier molecular flexibility index (Phi) is 4.55. The lowest BCUT2D eigenvalue weighted by atomic mass is 9.93. The summed E-state index contributed by atoms with van der Waals surface area (Å²) in [6.07, 6.45) is 2.25. The molecule has 0 saturated heterocycles. The van der Waals surface area contributed by atoms with E-state index in [9.17, 15) is 0 Å². The van der Waals surface area contributed by atoms with Gasteiger partial charge in [0, 0.05) is 5.54 Å². The summed E-state index contributed by atoms with van der Waals surface area (Å²) >= 11 is 0. The number of nitrogens with one attached hydrogen (secondary N) is 1. The zero-order valence-corrected chi connectivity index (χ0v) is 11.3. The average Bonchev–Trinajstić information content (AvgIpc) is 2.20. The SMILES string of the molecule is CNC(C)(C)Cc1ccc(CC(C)C)cc1. The second-order valence-electron chi connectivity index (χ2n) is 5.73. The number of benzene rings is 1. The minimum absolute atomic E-state index is 0.180. The molecule has 0 aliphatic carbocycles. The topological polar surface area (TPSA) is 12.0 Å². The van der Waals surface area contributed by atoms with Crippen LogP contribution in [0.15, 0.2) is 24.3 Å². The zero-order chi connectivity index (χ0) is 12.2. The Morgan fingerprint density at radius 1 is 1.06 bits per heavy atom. The Morgan fingerprint density at radius 2 is 1.56 bits per heavy atom. The third-order valence-corrected chi connectivity index (χ3v) is 2.99. The molecule has 1 aromatic carbocycles. The quantitative estimate of drug-likeness (QED) is 0.800. The monoisotopic (exact) mass is 219 g/mol. The van der Waals surface area contributed by atoms with Gasteiger partial charge in [-0.3, -0.25) is 0 Å². The normalized spacial score (nSPS) is 12.1. The smallest absolute Gasteiger partial charge is 0.0162 e. The van der Waals surface area contributed by atoms with E-state index in [1.54, 1.807) is 0 Å². The number of rotatable bonds is 5. The Bertz CT molecular complexity index is 309. The van der Waals surface area contributed by atoms with E-state index in [0.29, 0.717) is 0 Å². The van der Waals surface area contributed by atoms with Gasteiger partial charge >= 0.3 is 0 Å². The highest BCUT2D eigenvalue weighted by Crippen LogP contribution is 2.14. The molecule has 0 unspecified atom stereocenters. The molecule has 0 heterocycles. The summed E-state index contributed by atoms with van der Waals surface area (Å²) in [4.78, 5) is 0. The van der Waals surface area contributed by atoms with Crippen molar-refractivity contribution in [1.82, 2.24) is 5.32 Å². The van der Waals surface area contributed by atoms with Crippen molar-refractivity contribution in [3.8, 4) is 0 Å². The lowest BCUT2D eigenvalue weighted by Crippen LogP contribution is -2.38. The molecular formula is C15H25N. The highest BCUT2D eigenvalue weighted by atomic mass is 14.9. The summed E-state index contributed by atoms with van der Waals surface area (Å²) < 4.78 is 0. The molecule has 1 nitrogen and oxygen atoms in total. The molecule has 0 aromatic heterocycles. The molecule has 1 rings (SSSR count). The Balaban J connectivity index is 2.64. The maximum Gasteiger partial charge on any atom is 0.0162 e. The molecule has 0 fully saturated rings. The zero-order valence-electron chi connectivity index (χ0n) is 11.3. The minimum Gasteiger partial charge on any atom is -0.314 e. The van der Waals surface area contributed by atoms with Gasteiger partial charge < -0.3 is 5.32 Å². The van der Waals surface area contributed by atoms with Crippen LogP contribution in [0, 0.1) is 5.92 Å². The highest BCUT2D eigenvalue weighted by molar-refractivity contribution is 5.24. The summed E-state index contributed by atoms with van der Waals surface area (Å²) in [5.41, 5.74) is 3.03. The summed E-state index contributed by atoms with van der Waals surface area (Å²) in [5.74, 6) is 0.736. The fourth-order valence-electron chi connectivity index (χ4n) is 1.86. The first kappa shape index (κ1) is 13.2. The van der Waals surface area contributed by atoms with Crippen LogP contribution in [0.5, 0.6) is 0 Å². The molecule has 1 aromatic rings. The maximum absolute atomic E-state index is 3.34. The van der Waals surface area contributed by atoms with Crippen molar-refractivity contribution >= 4 is 0 Å². The maximum atomic E-state index is 3.34. The third kappa shape index (κ3) is 4.36. The molecule has 0 spiro atoms. The summed E-state index contributed by atoms with van der Waals surface area (Å²) in [7, 11) is 2.02. The standard InChI is InChI=1S/C15H25N/c1-12(2)10-13-6-8-14(9-7-13)11-15(3,4)16-5/h6-9,12,16H,10-11H2,1-5H3. The van der Waals surface area contributed by atoms with Gasteiger partial charge in [-0.15, -0.1) is 0 Å². The van der Waals surface area contributed by atoms with E-state index >= 15 is 0 Å². The van der Waals surface area contributed by atoms with Crippen LogP contribution in [-0.2, 0) is 12.8 Å². The Labute approximate surface area is 100 Å². The van der Waals surface area contributed by atoms with Crippen molar-refractivity contribution in [2.75, 3.05) is 7.05 Å². The van der Waals surface area contributed by atoms with Gasteiger partial charge in [-0.1, -0.05) is 38.1 Å². The van der Waals surface area contributed by atoms with Gasteiger partial charge in [-0.25, -0.2) is 0 Å². The molecule has 0 bridgehead atoms. The van der Waals surface area contributed by atoms with Gasteiger partial charge in [-0.2, -0.15) is 0 Å². The first-order valence-corrected chi connectivity index (χ1v) is 6.19. The summed E-state index contributed by atoms with van der Waals surface area (Å²) in [6.45, 7) is 8.99. The molecule has 16 heavy (non-hydrogen) atoms. The van der Waals surface area contributed by atoms with Crippen molar-refractivity contribution in [3.05, 3.63) is 35.4 Å². The fourth-order valence-corrected chi connectivity index (χ4v) is 1.86. The van der Waals surface area contributed by atoms with E-state index in [0.717, 1.165) is 12.3 Å². The van der Waals surface area contributed by atoms with Gasteiger partial charge in [-0.05, 0) is 50.8 Å². The molecule has 0 radical (unpaired) electrons. The lowest BCUT2D eigenvalue weighted by Gasteiger charge is -2.24. The molecular weight excluding hydrogens is 194 g/mol. The molecule has 0 aliphatic heterocycles. The molecule has 90 valence electrons. The third-order valence-electron chi connectivity index (χ3n) is 2.99. The number of hydrogen-bond donors (Lipinski definition) is 1. The van der Waals surface area contributed by atoms with Crippen LogP contribution in [0.3, 0.4) is 0 Å². The Morgan fingerprint density at radius 3 is 2.00 bits per heavy atom.